The molecule has 2 N–H and O–H groups in total. The summed E-state index contributed by atoms with van der Waals surface area (Å²) in [5, 5.41) is 0.959. The SMILES string of the molecule is CC(N)C1CCCCN1C(=O)c1cc(C2CC2)nc2ccccc12. The Morgan fingerprint density at radius 1 is 1.25 bits per heavy atom. The van der Waals surface area contributed by atoms with E-state index in [1.165, 1.54) is 12.8 Å². The maximum absolute atomic E-state index is 13.4. The molecule has 4 rings (SSSR count). The minimum absolute atomic E-state index is 0.00486. The summed E-state index contributed by atoms with van der Waals surface area (Å²) in [5.41, 5.74) is 8.97. The average Bonchev–Trinajstić information content (AvgIpc) is 3.45. The summed E-state index contributed by atoms with van der Waals surface area (Å²) in [5.74, 6) is 0.657. The predicted octanol–water partition coefficient (Wildman–Crippen LogP) is 3.45. The van der Waals surface area contributed by atoms with Crippen molar-refractivity contribution < 1.29 is 4.79 Å². The van der Waals surface area contributed by atoms with Gasteiger partial charge in [0.15, 0.2) is 0 Å². The summed E-state index contributed by atoms with van der Waals surface area (Å²) in [6.07, 6.45) is 5.59. The fraction of sp³-hybridized carbons (Fsp3) is 0.500. The summed E-state index contributed by atoms with van der Waals surface area (Å²) in [7, 11) is 0. The highest BCUT2D eigenvalue weighted by Gasteiger charge is 2.32. The lowest BCUT2D eigenvalue weighted by atomic mass is 9.95. The maximum Gasteiger partial charge on any atom is 0.254 e. The van der Waals surface area contributed by atoms with Crippen molar-refractivity contribution in [2.75, 3.05) is 6.54 Å². The van der Waals surface area contributed by atoms with E-state index in [0.29, 0.717) is 5.92 Å². The molecule has 2 atom stereocenters. The molecule has 4 heteroatoms. The highest BCUT2D eigenvalue weighted by atomic mass is 16.2. The maximum atomic E-state index is 13.4. The Morgan fingerprint density at radius 2 is 2.04 bits per heavy atom. The van der Waals surface area contributed by atoms with Crippen LogP contribution in [0.2, 0.25) is 0 Å². The number of pyridine rings is 1. The van der Waals surface area contributed by atoms with Gasteiger partial charge in [-0.3, -0.25) is 9.78 Å². The van der Waals surface area contributed by atoms with Crippen LogP contribution in [0.4, 0.5) is 0 Å². The van der Waals surface area contributed by atoms with Crippen molar-refractivity contribution in [2.24, 2.45) is 5.73 Å². The van der Waals surface area contributed by atoms with Crippen molar-refractivity contribution in [1.29, 1.82) is 0 Å². The van der Waals surface area contributed by atoms with Gasteiger partial charge in [-0.25, -0.2) is 0 Å². The minimum Gasteiger partial charge on any atom is -0.334 e. The fourth-order valence-electron chi connectivity index (χ4n) is 3.87. The van der Waals surface area contributed by atoms with E-state index in [2.05, 4.69) is 0 Å². The van der Waals surface area contributed by atoms with Crippen LogP contribution in [0.15, 0.2) is 30.3 Å². The zero-order chi connectivity index (χ0) is 16.7. The quantitative estimate of drug-likeness (QED) is 0.941. The van der Waals surface area contributed by atoms with E-state index in [4.69, 9.17) is 10.7 Å². The van der Waals surface area contributed by atoms with Crippen LogP contribution in [0.25, 0.3) is 10.9 Å². The van der Waals surface area contributed by atoms with Crippen molar-refractivity contribution in [2.45, 2.75) is 57.0 Å². The molecule has 2 heterocycles. The van der Waals surface area contributed by atoms with E-state index in [1.807, 2.05) is 42.2 Å². The van der Waals surface area contributed by atoms with Crippen LogP contribution in [0.1, 0.15) is 61.0 Å². The molecule has 2 unspecified atom stereocenters. The smallest absolute Gasteiger partial charge is 0.254 e. The number of nitrogens with zero attached hydrogens (tertiary/aromatic N) is 2. The zero-order valence-corrected chi connectivity index (χ0v) is 14.2. The van der Waals surface area contributed by atoms with Gasteiger partial charge in [0.05, 0.1) is 11.1 Å². The molecule has 1 saturated heterocycles. The van der Waals surface area contributed by atoms with E-state index >= 15 is 0 Å². The number of fused-ring (bicyclic) bond motifs is 1. The second kappa shape index (κ2) is 6.17. The molecule has 1 aromatic heterocycles. The summed E-state index contributed by atoms with van der Waals surface area (Å²) < 4.78 is 0. The molecule has 1 aromatic carbocycles. The Bertz CT molecular complexity index is 767. The van der Waals surface area contributed by atoms with Crippen LogP contribution < -0.4 is 5.73 Å². The van der Waals surface area contributed by atoms with Crippen molar-refractivity contribution in [3.05, 3.63) is 41.6 Å². The lowest BCUT2D eigenvalue weighted by Crippen LogP contribution is -2.51. The summed E-state index contributed by atoms with van der Waals surface area (Å²) >= 11 is 0. The highest BCUT2D eigenvalue weighted by Crippen LogP contribution is 2.40. The van der Waals surface area contributed by atoms with Crippen LogP contribution >= 0.6 is 0 Å². The lowest BCUT2D eigenvalue weighted by Gasteiger charge is -2.38. The number of benzene rings is 1. The number of hydrogen-bond acceptors (Lipinski definition) is 3. The number of amides is 1. The standard InChI is InChI=1S/C20H25N3O/c1-13(21)19-8-4-5-11-23(19)20(24)16-12-18(14-9-10-14)22-17-7-3-2-6-15(16)17/h2-3,6-7,12-14,19H,4-5,8-11,21H2,1H3. The molecule has 2 fully saturated rings. The first kappa shape index (κ1) is 15.6. The van der Waals surface area contributed by atoms with E-state index in [-0.39, 0.29) is 18.0 Å². The second-order valence-corrected chi connectivity index (χ2v) is 7.31. The molecule has 126 valence electrons. The highest BCUT2D eigenvalue weighted by molar-refractivity contribution is 6.06. The molecule has 0 spiro atoms. The largest absolute Gasteiger partial charge is 0.334 e. The van der Waals surface area contributed by atoms with Crippen molar-refractivity contribution >= 4 is 16.8 Å². The number of nitrogens with two attached hydrogens (primary N) is 1. The van der Waals surface area contributed by atoms with Crippen LogP contribution in [-0.2, 0) is 0 Å². The van der Waals surface area contributed by atoms with Gasteiger partial charge in [0.25, 0.3) is 5.91 Å². The Hall–Kier alpha value is -1.94. The number of aromatic nitrogens is 1. The topological polar surface area (TPSA) is 59.2 Å². The molecule has 1 aliphatic carbocycles. The number of rotatable bonds is 3. The summed E-state index contributed by atoms with van der Waals surface area (Å²) in [6.45, 7) is 2.82. The van der Waals surface area contributed by atoms with E-state index < -0.39 is 0 Å². The third kappa shape index (κ3) is 2.80. The molecular formula is C20H25N3O. The Kier molecular flexibility index (Phi) is 4.01. The first-order chi connectivity index (χ1) is 11.6. The second-order valence-electron chi connectivity index (χ2n) is 7.31. The van der Waals surface area contributed by atoms with Gasteiger partial charge in [-0.2, -0.15) is 0 Å². The van der Waals surface area contributed by atoms with Gasteiger partial charge in [-0.1, -0.05) is 18.2 Å². The molecular weight excluding hydrogens is 298 g/mol. The minimum atomic E-state index is 0.00486. The number of likely N-dealkylation sites (tertiary alicyclic amines) is 1. The van der Waals surface area contributed by atoms with Gasteiger partial charge in [0.2, 0.25) is 0 Å². The van der Waals surface area contributed by atoms with E-state index in [1.54, 1.807) is 0 Å². The van der Waals surface area contributed by atoms with Gasteiger partial charge < -0.3 is 10.6 Å². The number of carbonyl (C=O) groups is 1. The molecule has 1 aliphatic heterocycles. The van der Waals surface area contributed by atoms with E-state index in [0.717, 1.165) is 48.0 Å². The predicted molar refractivity (Wildman–Crippen MR) is 96.0 cm³/mol. The van der Waals surface area contributed by atoms with Gasteiger partial charge in [-0.15, -0.1) is 0 Å². The number of para-hydroxylation sites is 1. The zero-order valence-electron chi connectivity index (χ0n) is 14.2. The lowest BCUT2D eigenvalue weighted by molar-refractivity contribution is 0.0585. The van der Waals surface area contributed by atoms with Gasteiger partial charge in [0.1, 0.15) is 0 Å². The monoisotopic (exact) mass is 323 g/mol. The summed E-state index contributed by atoms with van der Waals surface area (Å²) in [4.78, 5) is 20.2. The van der Waals surface area contributed by atoms with Crippen LogP contribution in [0.5, 0.6) is 0 Å². The first-order valence-electron chi connectivity index (χ1n) is 9.11. The summed E-state index contributed by atoms with van der Waals surface area (Å²) in [6, 6.07) is 10.2. The third-order valence-electron chi connectivity index (χ3n) is 5.38. The average molecular weight is 323 g/mol. The van der Waals surface area contributed by atoms with Crippen LogP contribution in [-0.4, -0.2) is 34.4 Å². The third-order valence-corrected chi connectivity index (χ3v) is 5.38. The van der Waals surface area contributed by atoms with Crippen molar-refractivity contribution in [1.82, 2.24) is 9.88 Å². The molecule has 1 amide bonds. The molecule has 2 aliphatic rings. The Morgan fingerprint density at radius 3 is 2.79 bits per heavy atom. The fourth-order valence-corrected chi connectivity index (χ4v) is 3.87. The molecule has 0 bridgehead atoms. The van der Waals surface area contributed by atoms with Crippen molar-refractivity contribution in [3.63, 3.8) is 0 Å². The van der Waals surface area contributed by atoms with Crippen LogP contribution in [0, 0.1) is 0 Å². The number of carbonyl (C=O) groups excluding carboxylic acids is 1. The number of piperidine rings is 1. The normalized spacial score (nSPS) is 22.6. The Balaban J connectivity index is 1.78. The van der Waals surface area contributed by atoms with Crippen LogP contribution in [0.3, 0.4) is 0 Å². The molecule has 1 saturated carbocycles. The van der Waals surface area contributed by atoms with Gasteiger partial charge in [-0.05, 0) is 51.2 Å². The number of hydrogen-bond donors (Lipinski definition) is 1. The molecule has 24 heavy (non-hydrogen) atoms. The molecule has 2 aromatic rings. The van der Waals surface area contributed by atoms with Gasteiger partial charge >= 0.3 is 0 Å². The van der Waals surface area contributed by atoms with Gasteiger partial charge in [0, 0.05) is 35.6 Å². The first-order valence-corrected chi connectivity index (χ1v) is 9.11. The van der Waals surface area contributed by atoms with E-state index in [9.17, 15) is 4.79 Å². The molecule has 4 nitrogen and oxygen atoms in total. The Labute approximate surface area is 143 Å². The molecule has 0 radical (unpaired) electrons. The van der Waals surface area contributed by atoms with Crippen molar-refractivity contribution in [3.8, 4) is 0 Å².